The second-order valence-electron chi connectivity index (χ2n) is 4.90. The molecule has 0 radical (unpaired) electrons. The number of aromatic nitrogens is 6. The SMILES string of the molecule is Cc1cc2nnc(SCc3noc(-c4ccco4)n3)n2c(C)n1. The number of furan rings is 1. The fourth-order valence-electron chi connectivity index (χ4n) is 2.24. The van der Waals surface area contributed by atoms with Gasteiger partial charge in [-0.2, -0.15) is 4.98 Å². The fourth-order valence-corrected chi connectivity index (χ4v) is 3.07. The number of hydrogen-bond acceptors (Lipinski definition) is 8. The van der Waals surface area contributed by atoms with Crippen molar-refractivity contribution in [2.45, 2.75) is 24.8 Å². The van der Waals surface area contributed by atoms with E-state index in [1.165, 1.54) is 11.8 Å². The monoisotopic (exact) mass is 328 g/mol. The van der Waals surface area contributed by atoms with Crippen molar-refractivity contribution >= 4 is 17.4 Å². The maximum absolute atomic E-state index is 5.23. The number of nitrogens with zero attached hydrogens (tertiary/aromatic N) is 6. The smallest absolute Gasteiger partial charge is 0.293 e. The summed E-state index contributed by atoms with van der Waals surface area (Å²) in [5.41, 5.74) is 1.70. The molecular formula is C14H12N6O2S. The van der Waals surface area contributed by atoms with E-state index in [0.29, 0.717) is 23.2 Å². The molecule has 4 heterocycles. The molecule has 0 aromatic carbocycles. The Kier molecular flexibility index (Phi) is 3.34. The van der Waals surface area contributed by atoms with Crippen LogP contribution in [0.15, 0.2) is 38.6 Å². The minimum Gasteiger partial charge on any atom is -0.459 e. The van der Waals surface area contributed by atoms with Gasteiger partial charge in [-0.1, -0.05) is 16.9 Å². The van der Waals surface area contributed by atoms with Gasteiger partial charge in [0.25, 0.3) is 5.89 Å². The lowest BCUT2D eigenvalue weighted by atomic mass is 10.4. The first-order chi connectivity index (χ1) is 11.2. The van der Waals surface area contributed by atoms with Crippen LogP contribution in [0, 0.1) is 13.8 Å². The van der Waals surface area contributed by atoms with Crippen LogP contribution in [0.1, 0.15) is 17.3 Å². The van der Waals surface area contributed by atoms with Crippen molar-refractivity contribution in [2.75, 3.05) is 0 Å². The molecule has 4 rings (SSSR count). The molecule has 9 heteroatoms. The van der Waals surface area contributed by atoms with Gasteiger partial charge in [0.05, 0.1) is 12.0 Å². The fraction of sp³-hybridized carbons (Fsp3) is 0.214. The molecular weight excluding hydrogens is 316 g/mol. The van der Waals surface area contributed by atoms with Gasteiger partial charge in [0.2, 0.25) is 0 Å². The van der Waals surface area contributed by atoms with Crippen molar-refractivity contribution < 1.29 is 8.94 Å². The van der Waals surface area contributed by atoms with Gasteiger partial charge in [0.15, 0.2) is 22.4 Å². The van der Waals surface area contributed by atoms with Gasteiger partial charge >= 0.3 is 0 Å². The number of fused-ring (bicyclic) bond motifs is 1. The molecule has 0 unspecified atom stereocenters. The summed E-state index contributed by atoms with van der Waals surface area (Å²) in [5, 5.41) is 13.1. The molecule has 0 saturated heterocycles. The Bertz CT molecular complexity index is 959. The first-order valence-corrected chi connectivity index (χ1v) is 7.88. The second-order valence-corrected chi connectivity index (χ2v) is 5.85. The van der Waals surface area contributed by atoms with E-state index in [-0.39, 0.29) is 0 Å². The van der Waals surface area contributed by atoms with Crippen molar-refractivity contribution in [3.05, 3.63) is 41.8 Å². The van der Waals surface area contributed by atoms with E-state index in [9.17, 15) is 0 Å². The molecule has 0 N–H and O–H groups in total. The second kappa shape index (κ2) is 5.51. The molecule has 0 aliphatic carbocycles. The molecule has 0 aliphatic heterocycles. The number of aryl methyl sites for hydroxylation is 2. The number of thioether (sulfide) groups is 1. The molecule has 0 atom stereocenters. The van der Waals surface area contributed by atoms with Crippen LogP contribution in [0.25, 0.3) is 17.3 Å². The maximum atomic E-state index is 5.23. The molecule has 0 aliphatic rings. The van der Waals surface area contributed by atoms with Crippen molar-refractivity contribution in [2.24, 2.45) is 0 Å². The van der Waals surface area contributed by atoms with E-state index in [4.69, 9.17) is 8.94 Å². The van der Waals surface area contributed by atoms with Gasteiger partial charge in [-0.15, -0.1) is 10.2 Å². The van der Waals surface area contributed by atoms with Crippen molar-refractivity contribution in [3.63, 3.8) is 0 Å². The summed E-state index contributed by atoms with van der Waals surface area (Å²) in [6, 6.07) is 5.44. The predicted octanol–water partition coefficient (Wildman–Crippen LogP) is 2.68. The molecule has 8 nitrogen and oxygen atoms in total. The van der Waals surface area contributed by atoms with Crippen molar-refractivity contribution in [1.29, 1.82) is 0 Å². The highest BCUT2D eigenvalue weighted by Gasteiger charge is 2.14. The minimum atomic E-state index is 0.366. The van der Waals surface area contributed by atoms with Crippen LogP contribution in [0.5, 0.6) is 0 Å². The van der Waals surface area contributed by atoms with Crippen molar-refractivity contribution in [1.82, 2.24) is 29.7 Å². The van der Waals surface area contributed by atoms with E-state index in [1.54, 1.807) is 18.4 Å². The standard InChI is InChI=1S/C14H12N6O2S/c1-8-6-12-17-18-14(20(12)9(2)15-8)23-7-11-16-13(22-19-11)10-4-3-5-21-10/h3-6H,7H2,1-2H3. The summed E-state index contributed by atoms with van der Waals surface area (Å²) in [4.78, 5) is 8.74. The third kappa shape index (κ3) is 2.59. The zero-order valence-electron chi connectivity index (χ0n) is 12.4. The van der Waals surface area contributed by atoms with Crippen LogP contribution in [0.3, 0.4) is 0 Å². The van der Waals surface area contributed by atoms with Gasteiger partial charge in [0, 0.05) is 11.8 Å². The molecule has 0 spiro atoms. The Labute approximate surface area is 134 Å². The molecule has 4 aromatic rings. The van der Waals surface area contributed by atoms with E-state index >= 15 is 0 Å². The quantitative estimate of drug-likeness (QED) is 0.528. The highest BCUT2D eigenvalue weighted by atomic mass is 32.2. The van der Waals surface area contributed by atoms with Crippen LogP contribution < -0.4 is 0 Å². The van der Waals surface area contributed by atoms with Crippen LogP contribution >= 0.6 is 11.8 Å². The first-order valence-electron chi connectivity index (χ1n) is 6.89. The molecule has 23 heavy (non-hydrogen) atoms. The van der Waals surface area contributed by atoms with Gasteiger partial charge < -0.3 is 8.94 Å². The first kappa shape index (κ1) is 13.9. The van der Waals surface area contributed by atoms with Gasteiger partial charge in [-0.3, -0.25) is 4.40 Å². The Balaban J connectivity index is 1.56. The largest absolute Gasteiger partial charge is 0.459 e. The summed E-state index contributed by atoms with van der Waals surface area (Å²) < 4.78 is 12.3. The average molecular weight is 328 g/mol. The van der Waals surface area contributed by atoms with E-state index < -0.39 is 0 Å². The van der Waals surface area contributed by atoms with Gasteiger partial charge in [-0.05, 0) is 26.0 Å². The maximum Gasteiger partial charge on any atom is 0.293 e. The lowest BCUT2D eigenvalue weighted by Crippen LogP contribution is -1.99. The average Bonchev–Trinajstić information content (AvgIpc) is 3.25. The molecule has 0 bridgehead atoms. The highest BCUT2D eigenvalue weighted by Crippen LogP contribution is 2.23. The summed E-state index contributed by atoms with van der Waals surface area (Å²) in [6.07, 6.45) is 1.56. The van der Waals surface area contributed by atoms with E-state index in [1.807, 2.05) is 24.3 Å². The third-order valence-electron chi connectivity index (χ3n) is 3.19. The predicted molar refractivity (Wildman–Crippen MR) is 81.8 cm³/mol. The molecule has 4 aromatic heterocycles. The Hall–Kier alpha value is -2.68. The molecule has 116 valence electrons. The van der Waals surface area contributed by atoms with Crippen LogP contribution in [-0.4, -0.2) is 29.7 Å². The highest BCUT2D eigenvalue weighted by molar-refractivity contribution is 7.98. The van der Waals surface area contributed by atoms with Crippen LogP contribution in [-0.2, 0) is 5.75 Å². The van der Waals surface area contributed by atoms with E-state index in [2.05, 4.69) is 25.3 Å². The number of rotatable bonds is 4. The lowest BCUT2D eigenvalue weighted by Gasteiger charge is -2.02. The Morgan fingerprint density at radius 1 is 1.22 bits per heavy atom. The summed E-state index contributed by atoms with van der Waals surface area (Å²) >= 11 is 1.47. The Morgan fingerprint density at radius 2 is 2.13 bits per heavy atom. The van der Waals surface area contributed by atoms with Crippen LogP contribution in [0.2, 0.25) is 0 Å². The minimum absolute atomic E-state index is 0.366. The van der Waals surface area contributed by atoms with E-state index in [0.717, 1.165) is 22.3 Å². The van der Waals surface area contributed by atoms with Gasteiger partial charge in [-0.25, -0.2) is 4.98 Å². The topological polar surface area (TPSA) is 95.1 Å². The zero-order chi connectivity index (χ0) is 15.8. The molecule has 0 saturated carbocycles. The summed E-state index contributed by atoms with van der Waals surface area (Å²) in [6.45, 7) is 3.86. The van der Waals surface area contributed by atoms with Crippen LogP contribution in [0.4, 0.5) is 0 Å². The summed E-state index contributed by atoms with van der Waals surface area (Å²) in [7, 11) is 0. The zero-order valence-corrected chi connectivity index (χ0v) is 13.2. The van der Waals surface area contributed by atoms with Crippen molar-refractivity contribution in [3.8, 4) is 11.7 Å². The molecule has 0 fully saturated rings. The Morgan fingerprint density at radius 3 is 2.96 bits per heavy atom. The lowest BCUT2D eigenvalue weighted by molar-refractivity contribution is 0.411. The third-order valence-corrected chi connectivity index (χ3v) is 4.11. The number of hydrogen-bond donors (Lipinski definition) is 0. The van der Waals surface area contributed by atoms with Gasteiger partial charge in [0.1, 0.15) is 5.82 Å². The normalized spacial score (nSPS) is 11.4. The summed E-state index contributed by atoms with van der Waals surface area (Å²) in [5.74, 6) is 2.84. The molecule has 0 amide bonds.